The van der Waals surface area contributed by atoms with E-state index in [9.17, 15) is 4.79 Å². The van der Waals surface area contributed by atoms with Gasteiger partial charge >= 0.3 is 0 Å². The molecule has 110 valence electrons. The standard InChI is InChI=1S/C15H14Br2N2O2/c1-21-14-7-11(17)6-13(8-14)18-9-15(20)19-12-4-2-10(16)3-5-12/h2-8,18H,9H2,1H3,(H,19,20). The van der Waals surface area contributed by atoms with Gasteiger partial charge in [-0.15, -0.1) is 0 Å². The summed E-state index contributed by atoms with van der Waals surface area (Å²) in [5.74, 6) is 0.608. The van der Waals surface area contributed by atoms with E-state index in [1.807, 2.05) is 42.5 Å². The highest BCUT2D eigenvalue weighted by Gasteiger charge is 2.04. The molecule has 6 heteroatoms. The third-order valence-electron chi connectivity index (χ3n) is 2.69. The first-order valence-electron chi connectivity index (χ1n) is 6.20. The van der Waals surface area contributed by atoms with E-state index in [1.54, 1.807) is 7.11 Å². The van der Waals surface area contributed by atoms with Crippen LogP contribution in [0.1, 0.15) is 0 Å². The molecular weight excluding hydrogens is 400 g/mol. The molecule has 0 aromatic heterocycles. The zero-order chi connectivity index (χ0) is 15.2. The number of carbonyl (C=O) groups excluding carboxylic acids is 1. The minimum atomic E-state index is -0.115. The summed E-state index contributed by atoms with van der Waals surface area (Å²) >= 11 is 6.75. The molecule has 0 bridgehead atoms. The van der Waals surface area contributed by atoms with Crippen molar-refractivity contribution >= 4 is 49.1 Å². The summed E-state index contributed by atoms with van der Waals surface area (Å²) in [5, 5.41) is 5.88. The Morgan fingerprint density at radius 3 is 2.43 bits per heavy atom. The third-order valence-corrected chi connectivity index (χ3v) is 3.67. The Morgan fingerprint density at radius 1 is 1.05 bits per heavy atom. The second-order valence-corrected chi connectivity index (χ2v) is 6.12. The monoisotopic (exact) mass is 412 g/mol. The fraction of sp³-hybridized carbons (Fsp3) is 0.133. The van der Waals surface area contributed by atoms with Gasteiger partial charge in [0, 0.05) is 26.4 Å². The van der Waals surface area contributed by atoms with Crippen molar-refractivity contribution in [3.05, 3.63) is 51.4 Å². The first-order chi connectivity index (χ1) is 10.1. The second kappa shape index (κ2) is 7.47. The zero-order valence-electron chi connectivity index (χ0n) is 11.3. The van der Waals surface area contributed by atoms with Gasteiger partial charge in [-0.25, -0.2) is 0 Å². The average Bonchev–Trinajstić information content (AvgIpc) is 2.47. The van der Waals surface area contributed by atoms with Gasteiger partial charge < -0.3 is 15.4 Å². The summed E-state index contributed by atoms with van der Waals surface area (Å²) in [4.78, 5) is 11.9. The molecule has 4 nitrogen and oxygen atoms in total. The van der Waals surface area contributed by atoms with Gasteiger partial charge in [-0.1, -0.05) is 31.9 Å². The fourth-order valence-corrected chi connectivity index (χ4v) is 2.44. The van der Waals surface area contributed by atoms with Crippen molar-refractivity contribution in [2.75, 3.05) is 24.3 Å². The molecule has 0 fully saturated rings. The summed E-state index contributed by atoms with van der Waals surface area (Å²) in [6.45, 7) is 0.176. The SMILES string of the molecule is COc1cc(Br)cc(NCC(=O)Nc2ccc(Br)cc2)c1. The lowest BCUT2D eigenvalue weighted by molar-refractivity contribution is -0.114. The lowest BCUT2D eigenvalue weighted by atomic mass is 10.3. The summed E-state index contributed by atoms with van der Waals surface area (Å²) in [7, 11) is 1.60. The molecule has 0 heterocycles. The molecule has 1 amide bonds. The van der Waals surface area contributed by atoms with Crippen LogP contribution in [-0.4, -0.2) is 19.6 Å². The van der Waals surface area contributed by atoms with Crippen LogP contribution >= 0.6 is 31.9 Å². The number of hydrogen-bond acceptors (Lipinski definition) is 3. The first-order valence-corrected chi connectivity index (χ1v) is 7.79. The normalized spacial score (nSPS) is 10.0. The Balaban J connectivity index is 1.92. The molecule has 0 saturated carbocycles. The van der Waals surface area contributed by atoms with Crippen molar-refractivity contribution in [1.82, 2.24) is 0 Å². The molecule has 0 atom stereocenters. The molecule has 2 aromatic carbocycles. The van der Waals surface area contributed by atoms with Crippen LogP contribution in [0, 0.1) is 0 Å². The van der Waals surface area contributed by atoms with Crippen LogP contribution in [0.25, 0.3) is 0 Å². The van der Waals surface area contributed by atoms with Crippen LogP contribution in [0.15, 0.2) is 51.4 Å². The van der Waals surface area contributed by atoms with E-state index in [0.717, 1.165) is 26.1 Å². The van der Waals surface area contributed by atoms with Crippen molar-refractivity contribution < 1.29 is 9.53 Å². The maximum Gasteiger partial charge on any atom is 0.243 e. The summed E-state index contributed by atoms with van der Waals surface area (Å²) in [6, 6.07) is 13.0. The highest BCUT2D eigenvalue weighted by molar-refractivity contribution is 9.10. The van der Waals surface area contributed by atoms with E-state index in [1.165, 1.54) is 0 Å². The smallest absolute Gasteiger partial charge is 0.243 e. The molecule has 0 saturated heterocycles. The van der Waals surface area contributed by atoms with Crippen LogP contribution in [-0.2, 0) is 4.79 Å². The van der Waals surface area contributed by atoms with Crippen LogP contribution in [0.4, 0.5) is 11.4 Å². The number of anilines is 2. The minimum absolute atomic E-state index is 0.115. The molecular formula is C15H14Br2N2O2. The molecule has 2 N–H and O–H groups in total. The van der Waals surface area contributed by atoms with Crippen LogP contribution in [0.3, 0.4) is 0 Å². The Labute approximate surface area is 140 Å². The maximum absolute atomic E-state index is 11.9. The van der Waals surface area contributed by atoms with Gasteiger partial charge in [0.25, 0.3) is 0 Å². The van der Waals surface area contributed by atoms with E-state index in [0.29, 0.717) is 0 Å². The quantitative estimate of drug-likeness (QED) is 0.769. The highest BCUT2D eigenvalue weighted by atomic mass is 79.9. The number of nitrogens with one attached hydrogen (secondary N) is 2. The van der Waals surface area contributed by atoms with E-state index in [4.69, 9.17) is 4.74 Å². The van der Waals surface area contributed by atoms with E-state index in [-0.39, 0.29) is 12.5 Å². The van der Waals surface area contributed by atoms with Gasteiger partial charge in [-0.3, -0.25) is 4.79 Å². The van der Waals surface area contributed by atoms with Crippen LogP contribution in [0.5, 0.6) is 5.75 Å². The van der Waals surface area contributed by atoms with Gasteiger partial charge in [-0.2, -0.15) is 0 Å². The van der Waals surface area contributed by atoms with Crippen molar-refractivity contribution in [3.8, 4) is 5.75 Å². The molecule has 2 aromatic rings. The second-order valence-electron chi connectivity index (χ2n) is 4.29. The summed E-state index contributed by atoms with van der Waals surface area (Å²) in [5.41, 5.74) is 1.57. The number of ether oxygens (including phenoxy) is 1. The highest BCUT2D eigenvalue weighted by Crippen LogP contribution is 2.24. The van der Waals surface area contributed by atoms with E-state index in [2.05, 4.69) is 42.5 Å². The van der Waals surface area contributed by atoms with Gasteiger partial charge in [0.1, 0.15) is 5.75 Å². The lowest BCUT2D eigenvalue weighted by Crippen LogP contribution is -2.21. The van der Waals surface area contributed by atoms with Gasteiger partial charge in [0.2, 0.25) is 5.91 Å². The molecule has 0 aliphatic carbocycles. The molecule has 0 aliphatic heterocycles. The number of halogens is 2. The molecule has 2 rings (SSSR count). The number of carbonyl (C=O) groups is 1. The average molecular weight is 414 g/mol. The molecule has 21 heavy (non-hydrogen) atoms. The molecule has 0 aliphatic rings. The van der Waals surface area contributed by atoms with Crippen LogP contribution < -0.4 is 15.4 Å². The maximum atomic E-state index is 11.9. The predicted octanol–water partition coefficient (Wildman–Crippen LogP) is 4.27. The lowest BCUT2D eigenvalue weighted by Gasteiger charge is -2.10. The number of methoxy groups -OCH3 is 1. The largest absolute Gasteiger partial charge is 0.497 e. The molecule has 0 unspecified atom stereocenters. The summed E-state index contributed by atoms with van der Waals surface area (Å²) < 4.78 is 7.03. The Bertz CT molecular complexity index is 630. The Kier molecular flexibility index (Phi) is 5.64. The van der Waals surface area contributed by atoms with Crippen molar-refractivity contribution in [2.45, 2.75) is 0 Å². The molecule has 0 radical (unpaired) electrons. The van der Waals surface area contributed by atoms with E-state index >= 15 is 0 Å². The number of amides is 1. The zero-order valence-corrected chi connectivity index (χ0v) is 14.5. The van der Waals surface area contributed by atoms with Crippen molar-refractivity contribution in [2.24, 2.45) is 0 Å². The Morgan fingerprint density at radius 2 is 1.76 bits per heavy atom. The van der Waals surface area contributed by atoms with Crippen molar-refractivity contribution in [3.63, 3.8) is 0 Å². The van der Waals surface area contributed by atoms with Crippen LogP contribution in [0.2, 0.25) is 0 Å². The Hall–Kier alpha value is -1.53. The topological polar surface area (TPSA) is 50.4 Å². The predicted molar refractivity (Wildman–Crippen MR) is 92.0 cm³/mol. The van der Waals surface area contributed by atoms with Crippen molar-refractivity contribution in [1.29, 1.82) is 0 Å². The first kappa shape index (κ1) is 15.9. The third kappa shape index (κ3) is 5.06. The number of benzene rings is 2. The van der Waals surface area contributed by atoms with Gasteiger partial charge in [0.05, 0.1) is 13.7 Å². The summed E-state index contributed by atoms with van der Waals surface area (Å²) in [6.07, 6.45) is 0. The van der Waals surface area contributed by atoms with Gasteiger partial charge in [-0.05, 0) is 36.4 Å². The molecule has 0 spiro atoms. The minimum Gasteiger partial charge on any atom is -0.497 e. The number of hydrogen-bond donors (Lipinski definition) is 2. The fourth-order valence-electron chi connectivity index (χ4n) is 1.70. The number of rotatable bonds is 5. The van der Waals surface area contributed by atoms with Gasteiger partial charge in [0.15, 0.2) is 0 Å². The van der Waals surface area contributed by atoms with E-state index < -0.39 is 0 Å².